The normalized spacial score (nSPS) is 20.8. The van der Waals surface area contributed by atoms with Crippen LogP contribution >= 0.6 is 0 Å². The van der Waals surface area contributed by atoms with Crippen LogP contribution in [0.5, 0.6) is 0 Å². The topological polar surface area (TPSA) is 43.3 Å². The third-order valence-electron chi connectivity index (χ3n) is 5.66. The van der Waals surface area contributed by atoms with Crippen LogP contribution in [0, 0.1) is 17.7 Å². The van der Waals surface area contributed by atoms with E-state index in [0.717, 1.165) is 56.3 Å². The smallest absolute Gasteiger partial charge is 0.227 e. The Morgan fingerprint density at radius 1 is 1.26 bits per heavy atom. The molecule has 4 rings (SSSR count). The van der Waals surface area contributed by atoms with Gasteiger partial charge < -0.3 is 14.6 Å². The fourth-order valence-electron chi connectivity index (χ4n) is 3.99. The predicted octanol–water partition coefficient (Wildman–Crippen LogP) is 4.85. The fourth-order valence-corrected chi connectivity index (χ4v) is 3.99. The van der Waals surface area contributed by atoms with Gasteiger partial charge in [0.15, 0.2) is 0 Å². The Kier molecular flexibility index (Phi) is 4.75. The Morgan fingerprint density at radius 3 is 2.67 bits per heavy atom. The summed E-state index contributed by atoms with van der Waals surface area (Å²) in [5.74, 6) is 0.0770. The Bertz CT molecular complexity index is 855. The van der Waals surface area contributed by atoms with E-state index in [0.29, 0.717) is 5.92 Å². The molecule has 1 amide bonds. The van der Waals surface area contributed by atoms with Gasteiger partial charge in [0.25, 0.3) is 0 Å². The summed E-state index contributed by atoms with van der Waals surface area (Å²) in [6.07, 6.45) is 4.04. The number of carbonyl (C=O) groups is 1. The molecule has 0 radical (unpaired) electrons. The Morgan fingerprint density at radius 2 is 2.04 bits per heavy atom. The molecule has 1 N–H and O–H groups in total. The molecule has 27 heavy (non-hydrogen) atoms. The highest BCUT2D eigenvalue weighted by Crippen LogP contribution is 2.35. The number of carbonyl (C=O) groups excluding carboxylic acids is 1. The van der Waals surface area contributed by atoms with Crippen molar-refractivity contribution < 1.29 is 13.9 Å². The Hall–Kier alpha value is -1.88. The highest BCUT2D eigenvalue weighted by molar-refractivity contribution is 5.96. The average molecular weight is 372 g/mol. The summed E-state index contributed by atoms with van der Waals surface area (Å²) in [5.41, 5.74) is 2.32. The summed E-state index contributed by atoms with van der Waals surface area (Å²) in [4.78, 5) is 12.1. The van der Waals surface area contributed by atoms with Gasteiger partial charge in [-0.3, -0.25) is 4.79 Å². The molecule has 146 valence electrons. The van der Waals surface area contributed by atoms with E-state index < -0.39 is 0 Å². The average Bonchev–Trinajstić information content (AvgIpc) is 3.40. The van der Waals surface area contributed by atoms with Crippen LogP contribution in [0.1, 0.15) is 52.1 Å². The molecule has 1 aromatic heterocycles. The van der Waals surface area contributed by atoms with Gasteiger partial charge in [-0.1, -0.05) is 20.8 Å². The van der Waals surface area contributed by atoms with Crippen LogP contribution in [-0.2, 0) is 21.5 Å². The molecule has 4 nitrogen and oxygen atoms in total. The van der Waals surface area contributed by atoms with Crippen molar-refractivity contribution in [2.45, 2.75) is 58.4 Å². The summed E-state index contributed by atoms with van der Waals surface area (Å²) in [6, 6.07) is 5.51. The first-order valence-electron chi connectivity index (χ1n) is 10.0. The van der Waals surface area contributed by atoms with Gasteiger partial charge in [0.2, 0.25) is 5.91 Å². The van der Waals surface area contributed by atoms with Crippen molar-refractivity contribution in [1.82, 2.24) is 4.57 Å². The molecule has 2 aliphatic rings. The molecule has 1 saturated carbocycles. The summed E-state index contributed by atoms with van der Waals surface area (Å²) in [5, 5.41) is 3.75. The van der Waals surface area contributed by atoms with Gasteiger partial charge in [-0.25, -0.2) is 4.39 Å². The molecule has 2 fully saturated rings. The summed E-state index contributed by atoms with van der Waals surface area (Å²) in [6.45, 7) is 8.99. The first kappa shape index (κ1) is 18.5. The fraction of sp³-hybridized carbons (Fsp3) is 0.591. The number of halogens is 1. The van der Waals surface area contributed by atoms with Crippen LogP contribution in [0.2, 0.25) is 0 Å². The van der Waals surface area contributed by atoms with Crippen molar-refractivity contribution >= 4 is 22.5 Å². The quantitative estimate of drug-likeness (QED) is 0.833. The molecule has 1 aliphatic heterocycles. The second-order valence-electron chi connectivity index (χ2n) is 9.13. The molecular formula is C22H29FN2O2. The van der Waals surface area contributed by atoms with Gasteiger partial charge in [-0.2, -0.15) is 0 Å². The molecule has 2 aromatic rings. The van der Waals surface area contributed by atoms with Crippen molar-refractivity contribution in [1.29, 1.82) is 0 Å². The first-order chi connectivity index (χ1) is 12.8. The highest BCUT2D eigenvalue weighted by atomic mass is 19.1. The number of fused-ring (bicyclic) bond motifs is 1. The van der Waals surface area contributed by atoms with Gasteiger partial charge in [0, 0.05) is 47.5 Å². The Balaban J connectivity index is 1.72. The Labute approximate surface area is 160 Å². The van der Waals surface area contributed by atoms with Crippen molar-refractivity contribution in [3.8, 4) is 0 Å². The van der Waals surface area contributed by atoms with Crippen LogP contribution < -0.4 is 5.32 Å². The molecule has 1 unspecified atom stereocenters. The minimum absolute atomic E-state index is 0.0531. The molecule has 0 bridgehead atoms. The lowest BCUT2D eigenvalue weighted by atomic mass is 9.91. The maximum atomic E-state index is 14.8. The third-order valence-corrected chi connectivity index (χ3v) is 5.66. The second kappa shape index (κ2) is 6.93. The van der Waals surface area contributed by atoms with E-state index in [4.69, 9.17) is 4.74 Å². The number of aromatic nitrogens is 1. The van der Waals surface area contributed by atoms with E-state index >= 15 is 0 Å². The number of rotatable bonds is 4. The van der Waals surface area contributed by atoms with E-state index in [-0.39, 0.29) is 28.7 Å². The first-order valence-corrected chi connectivity index (χ1v) is 10.0. The van der Waals surface area contributed by atoms with Gasteiger partial charge >= 0.3 is 0 Å². The molecule has 1 saturated heterocycles. The minimum atomic E-state index is -0.365. The van der Waals surface area contributed by atoms with Crippen molar-refractivity contribution in [3.63, 3.8) is 0 Å². The zero-order valence-corrected chi connectivity index (χ0v) is 16.5. The highest BCUT2D eigenvalue weighted by Gasteiger charge is 2.30. The van der Waals surface area contributed by atoms with Crippen molar-refractivity contribution in [2.24, 2.45) is 11.8 Å². The summed E-state index contributed by atoms with van der Waals surface area (Å²) in [7, 11) is 0. The lowest BCUT2D eigenvalue weighted by molar-refractivity contribution is -0.117. The molecule has 1 aliphatic carbocycles. The predicted molar refractivity (Wildman–Crippen MR) is 105 cm³/mol. The van der Waals surface area contributed by atoms with Crippen molar-refractivity contribution in [2.75, 3.05) is 18.5 Å². The summed E-state index contributed by atoms with van der Waals surface area (Å²) >= 11 is 0. The van der Waals surface area contributed by atoms with E-state index in [1.165, 1.54) is 5.69 Å². The van der Waals surface area contributed by atoms with E-state index in [1.54, 1.807) is 12.1 Å². The van der Waals surface area contributed by atoms with Crippen molar-refractivity contribution in [3.05, 3.63) is 29.7 Å². The molecule has 0 spiro atoms. The monoisotopic (exact) mass is 372 g/mol. The summed E-state index contributed by atoms with van der Waals surface area (Å²) < 4.78 is 22.7. The zero-order valence-electron chi connectivity index (χ0n) is 16.5. The lowest BCUT2D eigenvalue weighted by Gasteiger charge is -2.27. The number of hydrogen-bond donors (Lipinski definition) is 1. The number of nitrogens with zero attached hydrogens (tertiary/aromatic N) is 1. The molecule has 2 heterocycles. The number of nitrogens with one attached hydrogen (secondary N) is 1. The molecule has 5 heteroatoms. The van der Waals surface area contributed by atoms with Crippen LogP contribution in [0.25, 0.3) is 10.9 Å². The number of benzene rings is 1. The van der Waals surface area contributed by atoms with Gasteiger partial charge in [0.1, 0.15) is 5.82 Å². The molecule has 1 aromatic carbocycles. The maximum absolute atomic E-state index is 14.8. The van der Waals surface area contributed by atoms with Gasteiger partial charge in [0.05, 0.1) is 17.8 Å². The lowest BCUT2D eigenvalue weighted by Crippen LogP contribution is -2.25. The largest absolute Gasteiger partial charge is 0.381 e. The van der Waals surface area contributed by atoms with Crippen LogP contribution in [0.15, 0.2) is 18.2 Å². The minimum Gasteiger partial charge on any atom is -0.381 e. The number of amides is 1. The third kappa shape index (κ3) is 3.88. The van der Waals surface area contributed by atoms with Gasteiger partial charge in [-0.15, -0.1) is 0 Å². The van der Waals surface area contributed by atoms with E-state index in [1.807, 2.05) is 0 Å². The van der Waals surface area contributed by atoms with E-state index in [9.17, 15) is 9.18 Å². The van der Waals surface area contributed by atoms with Crippen LogP contribution in [0.3, 0.4) is 0 Å². The molecular weight excluding hydrogens is 343 g/mol. The number of ether oxygens (including phenoxy) is 1. The number of hydrogen-bond acceptors (Lipinski definition) is 2. The zero-order chi connectivity index (χ0) is 19.2. The van der Waals surface area contributed by atoms with Crippen LogP contribution in [0.4, 0.5) is 10.1 Å². The van der Waals surface area contributed by atoms with E-state index in [2.05, 4.69) is 36.7 Å². The number of anilines is 1. The van der Waals surface area contributed by atoms with Crippen LogP contribution in [-0.4, -0.2) is 23.7 Å². The SMILES string of the molecule is CC(C)(C)c1cc2cc(NC(=O)C3CC3)c(F)cc2n1CC1CCCOC1. The standard InChI is InChI=1S/C22H29FN2O2/c1-22(2,3)20-10-16-9-18(24-21(26)15-6-7-15)17(23)11-19(16)25(20)12-14-5-4-8-27-13-14/h9-11,14-15H,4-8,12-13H2,1-3H3,(H,24,26). The maximum Gasteiger partial charge on any atom is 0.227 e. The molecule has 1 atom stereocenters. The second-order valence-corrected chi connectivity index (χ2v) is 9.13. The van der Waals surface area contributed by atoms with Gasteiger partial charge in [-0.05, 0) is 37.8 Å².